The van der Waals surface area contributed by atoms with Crippen molar-refractivity contribution in [3.8, 4) is 0 Å². The molecular formula is C19H22N8O. The van der Waals surface area contributed by atoms with E-state index in [4.69, 9.17) is 22.7 Å². The summed E-state index contributed by atoms with van der Waals surface area (Å²) >= 11 is 0. The number of hydrogen-bond acceptors (Lipinski definition) is 8. The third kappa shape index (κ3) is 4.10. The van der Waals surface area contributed by atoms with Gasteiger partial charge < -0.3 is 27.4 Å². The molecular weight excluding hydrogens is 356 g/mol. The van der Waals surface area contributed by atoms with E-state index in [1.165, 1.54) is 0 Å². The number of benzene rings is 1. The van der Waals surface area contributed by atoms with Gasteiger partial charge in [-0.15, -0.1) is 0 Å². The number of nitrogens with two attached hydrogens (primary N) is 3. The number of allylic oxidation sites excluding steroid dienone is 1. The fourth-order valence-corrected chi connectivity index (χ4v) is 2.92. The first-order valence-corrected chi connectivity index (χ1v) is 8.51. The first-order chi connectivity index (χ1) is 13.5. The molecule has 3 rings (SSSR count). The largest absolute Gasteiger partial charge is 0.515 e. The molecule has 0 spiro atoms. The van der Waals surface area contributed by atoms with Gasteiger partial charge in [-0.05, 0) is 34.4 Å². The van der Waals surface area contributed by atoms with Crippen LogP contribution < -0.4 is 22.7 Å². The van der Waals surface area contributed by atoms with E-state index in [1.807, 2.05) is 35.1 Å². The van der Waals surface area contributed by atoms with Gasteiger partial charge >= 0.3 is 0 Å². The Hall–Kier alpha value is -3.85. The lowest BCUT2D eigenvalue weighted by Crippen LogP contribution is -2.13. The minimum absolute atomic E-state index is 0.334. The maximum atomic E-state index is 9.22. The van der Waals surface area contributed by atoms with E-state index in [9.17, 15) is 5.11 Å². The van der Waals surface area contributed by atoms with Crippen LogP contribution in [0.25, 0.3) is 5.57 Å². The van der Waals surface area contributed by atoms with E-state index in [0.717, 1.165) is 34.7 Å². The minimum atomic E-state index is 0.334. The van der Waals surface area contributed by atoms with Gasteiger partial charge in [0.25, 0.3) is 0 Å². The van der Waals surface area contributed by atoms with E-state index >= 15 is 0 Å². The molecule has 28 heavy (non-hydrogen) atoms. The van der Waals surface area contributed by atoms with Gasteiger partial charge in [-0.3, -0.25) is 4.68 Å². The third-order valence-corrected chi connectivity index (χ3v) is 4.28. The average molecular weight is 378 g/mol. The maximum Gasteiger partial charge on any atom is 0.165 e. The minimum Gasteiger partial charge on any atom is -0.515 e. The molecule has 0 bridgehead atoms. The highest BCUT2D eigenvalue weighted by molar-refractivity contribution is 6.07. The zero-order valence-corrected chi connectivity index (χ0v) is 15.1. The molecule has 0 saturated heterocycles. The molecule has 9 N–H and O–H groups in total. The maximum absolute atomic E-state index is 9.22. The number of nitrogen functional groups attached to an aromatic ring is 3. The molecule has 0 atom stereocenters. The van der Waals surface area contributed by atoms with Gasteiger partial charge in [0.1, 0.15) is 5.82 Å². The van der Waals surface area contributed by atoms with Crippen molar-refractivity contribution in [2.45, 2.75) is 13.0 Å². The summed E-state index contributed by atoms with van der Waals surface area (Å²) in [7, 11) is 0. The van der Waals surface area contributed by atoms with Crippen LogP contribution in [0.5, 0.6) is 0 Å². The standard InChI is InChI=1S/C19H22N8O/c20-7-16(11-28)14-3-1-2-12(4-14)9-27-10-13(8-24-27)5-15-6-17(21)25-19(26-23)18(15)22/h1-4,6-8,10-11,20,28H,5,9,22-23H2,(H3,21,25,26)/b16-11+,20-7?. The first-order valence-electron chi connectivity index (χ1n) is 8.51. The van der Waals surface area contributed by atoms with Crippen LogP contribution in [0.1, 0.15) is 22.3 Å². The fourth-order valence-electron chi connectivity index (χ4n) is 2.92. The zero-order chi connectivity index (χ0) is 20.1. The van der Waals surface area contributed by atoms with Crippen LogP contribution in [-0.2, 0) is 13.0 Å². The molecule has 0 aliphatic rings. The highest BCUT2D eigenvalue weighted by Gasteiger charge is 2.10. The van der Waals surface area contributed by atoms with Crippen molar-refractivity contribution in [1.29, 1.82) is 5.41 Å². The summed E-state index contributed by atoms with van der Waals surface area (Å²) in [6, 6.07) is 9.31. The number of pyridine rings is 1. The Morgan fingerprint density at radius 1 is 1.25 bits per heavy atom. The number of aromatic nitrogens is 3. The number of anilines is 3. The number of nitrogens with one attached hydrogen (secondary N) is 2. The first kappa shape index (κ1) is 18.9. The summed E-state index contributed by atoms with van der Waals surface area (Å²) in [5.41, 5.74) is 18.8. The van der Waals surface area contributed by atoms with Crippen molar-refractivity contribution in [2.75, 3.05) is 16.9 Å². The monoisotopic (exact) mass is 378 g/mol. The molecule has 0 aliphatic heterocycles. The number of rotatable bonds is 7. The molecule has 2 heterocycles. The lowest BCUT2D eigenvalue weighted by Gasteiger charge is -2.10. The normalized spacial score (nSPS) is 11.4. The van der Waals surface area contributed by atoms with Gasteiger partial charge in [-0.1, -0.05) is 18.2 Å². The van der Waals surface area contributed by atoms with Gasteiger partial charge in [-0.2, -0.15) is 5.10 Å². The molecule has 0 saturated carbocycles. The van der Waals surface area contributed by atoms with Gasteiger partial charge in [0.2, 0.25) is 0 Å². The lowest BCUT2D eigenvalue weighted by molar-refractivity contribution is 0.477. The predicted molar refractivity (Wildman–Crippen MR) is 111 cm³/mol. The van der Waals surface area contributed by atoms with Crippen LogP contribution in [-0.4, -0.2) is 26.1 Å². The summed E-state index contributed by atoms with van der Waals surface area (Å²) < 4.78 is 1.81. The number of hydrazine groups is 1. The average Bonchev–Trinajstić information content (AvgIpc) is 3.12. The molecule has 0 aliphatic carbocycles. The van der Waals surface area contributed by atoms with Crippen LogP contribution in [0.3, 0.4) is 0 Å². The second-order valence-electron chi connectivity index (χ2n) is 6.26. The van der Waals surface area contributed by atoms with Gasteiger partial charge in [0.05, 0.1) is 24.7 Å². The second-order valence-corrected chi connectivity index (χ2v) is 6.26. The van der Waals surface area contributed by atoms with Crippen molar-refractivity contribution in [3.63, 3.8) is 0 Å². The van der Waals surface area contributed by atoms with Crippen molar-refractivity contribution < 1.29 is 5.11 Å². The van der Waals surface area contributed by atoms with Crippen molar-refractivity contribution in [1.82, 2.24) is 14.8 Å². The molecule has 0 radical (unpaired) electrons. The van der Waals surface area contributed by atoms with E-state index in [0.29, 0.717) is 35.9 Å². The summed E-state index contributed by atoms with van der Waals surface area (Å²) in [5.74, 6) is 6.11. The van der Waals surface area contributed by atoms with Crippen molar-refractivity contribution in [3.05, 3.63) is 71.2 Å². The Bertz CT molecular complexity index is 1020. The summed E-state index contributed by atoms with van der Waals surface area (Å²) in [5, 5.41) is 21.0. The Morgan fingerprint density at radius 3 is 2.79 bits per heavy atom. The van der Waals surface area contributed by atoms with Gasteiger partial charge in [0.15, 0.2) is 5.82 Å². The van der Waals surface area contributed by atoms with E-state index < -0.39 is 0 Å². The Morgan fingerprint density at radius 2 is 2.07 bits per heavy atom. The predicted octanol–water partition coefficient (Wildman–Crippen LogP) is 1.92. The van der Waals surface area contributed by atoms with Crippen LogP contribution in [0.4, 0.5) is 17.3 Å². The van der Waals surface area contributed by atoms with Crippen LogP contribution in [0.15, 0.2) is 49.0 Å². The van der Waals surface area contributed by atoms with Crippen molar-refractivity contribution in [2.24, 2.45) is 5.84 Å². The highest BCUT2D eigenvalue weighted by Crippen LogP contribution is 2.25. The molecule has 3 aromatic rings. The summed E-state index contributed by atoms with van der Waals surface area (Å²) in [6.45, 7) is 0.550. The topological polar surface area (TPSA) is 165 Å². The zero-order valence-electron chi connectivity index (χ0n) is 15.1. The number of hydrogen-bond donors (Lipinski definition) is 6. The molecule has 0 unspecified atom stereocenters. The molecule has 1 aromatic carbocycles. The van der Waals surface area contributed by atoms with Gasteiger partial charge in [0, 0.05) is 24.4 Å². The SMILES string of the molecule is N=C/C(=C\O)c1cccc(Cn2cc(Cc3cc(N)nc(NN)c3N)cn2)c1. The van der Waals surface area contributed by atoms with Crippen LogP contribution in [0.2, 0.25) is 0 Å². The van der Waals surface area contributed by atoms with E-state index in [-0.39, 0.29) is 0 Å². The molecule has 0 amide bonds. The summed E-state index contributed by atoms with van der Waals surface area (Å²) in [4.78, 5) is 4.05. The number of nitrogens with zero attached hydrogens (tertiary/aromatic N) is 3. The number of aliphatic hydroxyl groups excluding tert-OH is 1. The van der Waals surface area contributed by atoms with E-state index in [2.05, 4.69) is 15.5 Å². The van der Waals surface area contributed by atoms with Crippen LogP contribution >= 0.6 is 0 Å². The van der Waals surface area contributed by atoms with Gasteiger partial charge in [-0.25, -0.2) is 10.8 Å². The lowest BCUT2D eigenvalue weighted by atomic mass is 10.0. The smallest absolute Gasteiger partial charge is 0.165 e. The van der Waals surface area contributed by atoms with E-state index in [1.54, 1.807) is 12.3 Å². The third-order valence-electron chi connectivity index (χ3n) is 4.28. The Labute approximate surface area is 162 Å². The molecule has 0 fully saturated rings. The summed E-state index contributed by atoms with van der Waals surface area (Å²) in [6.07, 6.45) is 6.27. The molecule has 2 aromatic heterocycles. The Balaban J connectivity index is 1.78. The molecule has 144 valence electrons. The number of aliphatic hydroxyl groups is 1. The van der Waals surface area contributed by atoms with Crippen LogP contribution in [0, 0.1) is 5.41 Å². The second kappa shape index (κ2) is 8.23. The Kier molecular flexibility index (Phi) is 5.56. The quantitative estimate of drug-likeness (QED) is 0.158. The molecule has 9 nitrogen and oxygen atoms in total. The molecule has 9 heteroatoms. The van der Waals surface area contributed by atoms with Crippen molar-refractivity contribution >= 4 is 29.1 Å². The highest BCUT2D eigenvalue weighted by atomic mass is 16.2. The fraction of sp³-hybridized carbons (Fsp3) is 0.105.